The number of hydrogen-bond donors (Lipinski definition) is 1. The summed E-state index contributed by atoms with van der Waals surface area (Å²) in [7, 11) is 0. The van der Waals surface area contributed by atoms with E-state index >= 15 is 0 Å². The molecule has 0 bridgehead atoms. The van der Waals surface area contributed by atoms with Crippen LogP contribution < -0.4 is 10.5 Å². The second-order valence-corrected chi connectivity index (χ2v) is 4.20. The molecule has 0 amide bonds. The second-order valence-electron chi connectivity index (χ2n) is 4.20. The topological polar surface area (TPSA) is 44.5 Å². The molecular weight excluding hydrogens is 202 g/mol. The Hall–Kier alpha value is -1.22. The highest BCUT2D eigenvalue weighted by Crippen LogP contribution is 2.18. The van der Waals surface area contributed by atoms with Gasteiger partial charge in [-0.25, -0.2) is 0 Å². The summed E-state index contributed by atoms with van der Waals surface area (Å²) in [5.41, 5.74) is 6.41. The van der Waals surface area contributed by atoms with Crippen LogP contribution in [0.15, 0.2) is 24.3 Å². The maximum Gasteiger partial charge on any atom is 0.121 e. The number of anilines is 1. The monoisotopic (exact) mass is 221 g/mol. The van der Waals surface area contributed by atoms with Crippen LogP contribution in [0.25, 0.3) is 0 Å². The molecule has 1 atom stereocenters. The van der Waals surface area contributed by atoms with Crippen LogP contribution in [0.4, 0.5) is 5.69 Å². The van der Waals surface area contributed by atoms with E-state index in [9.17, 15) is 0 Å². The Morgan fingerprint density at radius 1 is 1.44 bits per heavy atom. The van der Waals surface area contributed by atoms with Crippen LogP contribution in [0.3, 0.4) is 0 Å². The van der Waals surface area contributed by atoms with Crippen molar-refractivity contribution in [3.05, 3.63) is 24.3 Å². The highest BCUT2D eigenvalue weighted by molar-refractivity contribution is 5.43. The van der Waals surface area contributed by atoms with Gasteiger partial charge in [0, 0.05) is 18.4 Å². The Labute approximate surface area is 96.5 Å². The fraction of sp³-hybridized carbons (Fsp3) is 0.538. The molecule has 0 aliphatic carbocycles. The molecule has 1 unspecified atom stereocenters. The van der Waals surface area contributed by atoms with E-state index in [0.717, 1.165) is 37.5 Å². The van der Waals surface area contributed by atoms with Gasteiger partial charge in [-0.15, -0.1) is 0 Å². The van der Waals surface area contributed by atoms with Crippen LogP contribution >= 0.6 is 0 Å². The lowest BCUT2D eigenvalue weighted by Gasteiger charge is -2.10. The summed E-state index contributed by atoms with van der Waals surface area (Å²) < 4.78 is 11.2. The molecule has 1 saturated heterocycles. The third kappa shape index (κ3) is 3.42. The molecule has 1 heterocycles. The van der Waals surface area contributed by atoms with Crippen LogP contribution in [0.5, 0.6) is 5.75 Å². The predicted molar refractivity (Wildman–Crippen MR) is 64.6 cm³/mol. The van der Waals surface area contributed by atoms with Gasteiger partial charge in [0.1, 0.15) is 5.75 Å². The van der Waals surface area contributed by atoms with Crippen molar-refractivity contribution in [3.8, 4) is 5.75 Å². The highest BCUT2D eigenvalue weighted by Gasteiger charge is 2.14. The van der Waals surface area contributed by atoms with Gasteiger partial charge >= 0.3 is 0 Å². The number of ether oxygens (including phenoxy) is 2. The smallest absolute Gasteiger partial charge is 0.121 e. The summed E-state index contributed by atoms with van der Waals surface area (Å²) >= 11 is 0. The van der Waals surface area contributed by atoms with E-state index in [2.05, 4.69) is 0 Å². The van der Waals surface area contributed by atoms with Gasteiger partial charge in [-0.2, -0.15) is 0 Å². The van der Waals surface area contributed by atoms with Crippen LogP contribution in [0.2, 0.25) is 0 Å². The van der Waals surface area contributed by atoms with E-state index in [1.165, 1.54) is 12.8 Å². The first-order valence-corrected chi connectivity index (χ1v) is 5.94. The Morgan fingerprint density at radius 2 is 2.38 bits per heavy atom. The van der Waals surface area contributed by atoms with Gasteiger partial charge in [0.15, 0.2) is 0 Å². The first-order valence-electron chi connectivity index (χ1n) is 5.94. The molecule has 3 nitrogen and oxygen atoms in total. The summed E-state index contributed by atoms with van der Waals surface area (Å²) in [6, 6.07) is 7.55. The molecular formula is C13H19NO2. The lowest BCUT2D eigenvalue weighted by molar-refractivity contribution is 0.0981. The molecule has 0 saturated carbocycles. The zero-order chi connectivity index (χ0) is 11.2. The van der Waals surface area contributed by atoms with Crippen LogP contribution in [-0.2, 0) is 4.74 Å². The minimum atomic E-state index is 0.462. The van der Waals surface area contributed by atoms with Crippen molar-refractivity contribution >= 4 is 5.69 Å². The molecule has 88 valence electrons. The molecule has 1 aliphatic rings. The number of benzene rings is 1. The Balaban J connectivity index is 1.64. The van der Waals surface area contributed by atoms with E-state index in [0.29, 0.717) is 6.10 Å². The fourth-order valence-electron chi connectivity index (χ4n) is 1.98. The average Bonchev–Trinajstić information content (AvgIpc) is 2.77. The number of rotatable bonds is 5. The van der Waals surface area contributed by atoms with Gasteiger partial charge in [-0.1, -0.05) is 6.07 Å². The van der Waals surface area contributed by atoms with Crippen molar-refractivity contribution in [1.82, 2.24) is 0 Å². The Morgan fingerprint density at radius 3 is 3.12 bits per heavy atom. The standard InChI is InChI=1S/C13H19NO2/c14-11-4-1-5-13(10-11)16-9-3-7-12-6-2-8-15-12/h1,4-5,10,12H,2-3,6-9,14H2. The van der Waals surface area contributed by atoms with Crippen LogP contribution in [0.1, 0.15) is 25.7 Å². The fourth-order valence-corrected chi connectivity index (χ4v) is 1.98. The molecule has 1 aliphatic heterocycles. The van der Waals surface area contributed by atoms with Crippen molar-refractivity contribution in [1.29, 1.82) is 0 Å². The highest BCUT2D eigenvalue weighted by atomic mass is 16.5. The van der Waals surface area contributed by atoms with Crippen molar-refractivity contribution in [2.24, 2.45) is 0 Å². The van der Waals surface area contributed by atoms with Gasteiger partial charge in [0.05, 0.1) is 12.7 Å². The number of hydrogen-bond acceptors (Lipinski definition) is 3. The van der Waals surface area contributed by atoms with Gasteiger partial charge in [-0.05, 0) is 37.8 Å². The first-order chi connectivity index (χ1) is 7.84. The summed E-state index contributed by atoms with van der Waals surface area (Å²) in [6.45, 7) is 1.67. The van der Waals surface area contributed by atoms with Crippen molar-refractivity contribution in [2.75, 3.05) is 18.9 Å². The zero-order valence-electron chi connectivity index (χ0n) is 9.52. The van der Waals surface area contributed by atoms with Crippen molar-refractivity contribution in [3.63, 3.8) is 0 Å². The first kappa shape index (κ1) is 11.3. The molecule has 0 radical (unpaired) electrons. The van der Waals surface area contributed by atoms with E-state index in [4.69, 9.17) is 15.2 Å². The summed E-state index contributed by atoms with van der Waals surface area (Å²) in [4.78, 5) is 0. The van der Waals surface area contributed by atoms with Gasteiger partial charge in [-0.3, -0.25) is 0 Å². The number of nitrogen functional groups attached to an aromatic ring is 1. The van der Waals surface area contributed by atoms with Crippen molar-refractivity contribution in [2.45, 2.75) is 31.8 Å². The zero-order valence-corrected chi connectivity index (χ0v) is 9.52. The number of nitrogens with two attached hydrogens (primary N) is 1. The molecule has 1 fully saturated rings. The molecule has 2 N–H and O–H groups in total. The van der Waals surface area contributed by atoms with Gasteiger partial charge in [0.2, 0.25) is 0 Å². The molecule has 1 aromatic carbocycles. The van der Waals surface area contributed by atoms with Crippen LogP contribution in [0, 0.1) is 0 Å². The minimum absolute atomic E-state index is 0.462. The van der Waals surface area contributed by atoms with Crippen LogP contribution in [-0.4, -0.2) is 19.3 Å². The summed E-state index contributed by atoms with van der Waals surface area (Å²) in [5.74, 6) is 0.854. The van der Waals surface area contributed by atoms with Crippen molar-refractivity contribution < 1.29 is 9.47 Å². The lowest BCUT2D eigenvalue weighted by Crippen LogP contribution is -2.07. The lowest BCUT2D eigenvalue weighted by atomic mass is 10.1. The Kier molecular flexibility index (Phi) is 4.05. The van der Waals surface area contributed by atoms with E-state index in [-0.39, 0.29) is 0 Å². The van der Waals surface area contributed by atoms with E-state index in [1.807, 2.05) is 24.3 Å². The third-order valence-electron chi connectivity index (χ3n) is 2.82. The Bertz CT molecular complexity index is 321. The summed E-state index contributed by atoms with van der Waals surface area (Å²) in [5, 5.41) is 0. The molecule has 1 aromatic rings. The maximum atomic E-state index is 5.66. The quantitative estimate of drug-likeness (QED) is 0.614. The molecule has 3 heteroatoms. The largest absolute Gasteiger partial charge is 0.494 e. The normalized spacial score (nSPS) is 19.9. The minimum Gasteiger partial charge on any atom is -0.494 e. The third-order valence-corrected chi connectivity index (χ3v) is 2.82. The average molecular weight is 221 g/mol. The van der Waals surface area contributed by atoms with E-state index < -0.39 is 0 Å². The van der Waals surface area contributed by atoms with Gasteiger partial charge in [0.25, 0.3) is 0 Å². The van der Waals surface area contributed by atoms with E-state index in [1.54, 1.807) is 0 Å². The molecule has 16 heavy (non-hydrogen) atoms. The second kappa shape index (κ2) is 5.75. The maximum absolute atomic E-state index is 5.66. The molecule has 2 rings (SSSR count). The summed E-state index contributed by atoms with van der Waals surface area (Å²) in [6.07, 6.45) is 5.02. The molecule has 0 spiro atoms. The van der Waals surface area contributed by atoms with Gasteiger partial charge < -0.3 is 15.2 Å². The predicted octanol–water partition coefficient (Wildman–Crippen LogP) is 2.61. The molecule has 0 aromatic heterocycles. The SMILES string of the molecule is Nc1cccc(OCCCC2CCCO2)c1.